The molecule has 0 spiro atoms. The molecule has 3 amide bonds. The number of fused-ring (bicyclic) bond motifs is 1. The molecule has 1 atom stereocenters. The van der Waals surface area contributed by atoms with Crippen LogP contribution in [0.5, 0.6) is 5.75 Å². The Bertz CT molecular complexity index is 1070. The topological polar surface area (TPSA) is 102 Å². The van der Waals surface area contributed by atoms with Crippen molar-refractivity contribution in [3.63, 3.8) is 0 Å². The number of ether oxygens (including phenoxy) is 1. The molecule has 1 aliphatic heterocycles. The van der Waals surface area contributed by atoms with Crippen molar-refractivity contribution >= 4 is 40.0 Å². The number of piperidine rings is 1. The first-order valence-corrected chi connectivity index (χ1v) is 10.1. The van der Waals surface area contributed by atoms with Gasteiger partial charge in [-0.3, -0.25) is 24.4 Å². The van der Waals surface area contributed by atoms with Crippen LogP contribution in [0.1, 0.15) is 29.3 Å². The first-order chi connectivity index (χ1) is 14.0. The molecule has 1 unspecified atom stereocenters. The molecule has 1 aromatic carbocycles. The number of nitrogens with zero attached hydrogens (tertiary/aromatic N) is 2. The Hall–Kier alpha value is -3.20. The molecule has 8 nitrogen and oxygen atoms in total. The largest absolute Gasteiger partial charge is 0.482 e. The number of aromatic nitrogens is 2. The van der Waals surface area contributed by atoms with Crippen LogP contribution in [0.4, 0.5) is 0 Å². The summed E-state index contributed by atoms with van der Waals surface area (Å²) in [4.78, 5) is 36.9. The number of hydrogen-bond donors (Lipinski definition) is 2. The molecule has 9 heteroatoms. The number of para-hydroxylation sites is 1. The molecule has 3 heterocycles. The lowest BCUT2D eigenvalue weighted by atomic mass is 9.93. The van der Waals surface area contributed by atoms with Crippen LogP contribution in [0, 0.1) is 0 Å². The third-order valence-electron chi connectivity index (χ3n) is 4.82. The fourth-order valence-electron chi connectivity index (χ4n) is 3.45. The zero-order valence-electron chi connectivity index (χ0n) is 15.8. The van der Waals surface area contributed by atoms with E-state index in [0.29, 0.717) is 29.9 Å². The third kappa shape index (κ3) is 4.00. The standard InChI is InChI=1S/C20H20N4O4S/c1-24-19-13(18(23-24)14-7-8-16(25)22-20(14)27)5-2-6-15(19)28-11-17(26)21-10-12-4-3-9-29-12/h2-6,9,14H,7-8,10-11H2,1H3,(H,21,26)(H,22,25,27). The average molecular weight is 412 g/mol. The van der Waals surface area contributed by atoms with Gasteiger partial charge in [0.15, 0.2) is 6.61 Å². The van der Waals surface area contributed by atoms with E-state index < -0.39 is 5.92 Å². The minimum absolute atomic E-state index is 0.122. The number of hydrogen-bond acceptors (Lipinski definition) is 6. The van der Waals surface area contributed by atoms with Crippen LogP contribution in [0.15, 0.2) is 35.7 Å². The Morgan fingerprint density at radius 2 is 2.21 bits per heavy atom. The lowest BCUT2D eigenvalue weighted by Crippen LogP contribution is -2.39. The highest BCUT2D eigenvalue weighted by atomic mass is 32.1. The van der Waals surface area contributed by atoms with Crippen LogP contribution in [0.2, 0.25) is 0 Å². The summed E-state index contributed by atoms with van der Waals surface area (Å²) in [6.07, 6.45) is 0.710. The highest BCUT2D eigenvalue weighted by molar-refractivity contribution is 7.09. The van der Waals surface area contributed by atoms with E-state index in [9.17, 15) is 14.4 Å². The van der Waals surface area contributed by atoms with Gasteiger partial charge in [-0.05, 0) is 23.9 Å². The van der Waals surface area contributed by atoms with Crippen LogP contribution in [-0.4, -0.2) is 34.1 Å². The molecule has 0 saturated carbocycles. The summed E-state index contributed by atoms with van der Waals surface area (Å²) in [6, 6.07) is 9.33. The molecule has 1 fully saturated rings. The Morgan fingerprint density at radius 1 is 1.34 bits per heavy atom. The Kier molecular flexibility index (Phi) is 5.30. The quantitative estimate of drug-likeness (QED) is 0.602. The van der Waals surface area contributed by atoms with Crippen molar-refractivity contribution in [3.8, 4) is 5.75 Å². The number of carbonyl (C=O) groups is 3. The van der Waals surface area contributed by atoms with Crippen LogP contribution in [0.3, 0.4) is 0 Å². The lowest BCUT2D eigenvalue weighted by molar-refractivity contribution is -0.134. The molecule has 3 aromatic rings. The zero-order chi connectivity index (χ0) is 20.4. The van der Waals surface area contributed by atoms with Crippen molar-refractivity contribution < 1.29 is 19.1 Å². The van der Waals surface area contributed by atoms with Crippen molar-refractivity contribution in [2.45, 2.75) is 25.3 Å². The number of benzene rings is 1. The number of amides is 3. The summed E-state index contributed by atoms with van der Waals surface area (Å²) in [7, 11) is 1.77. The smallest absolute Gasteiger partial charge is 0.258 e. The molecular formula is C20H20N4O4S. The van der Waals surface area contributed by atoms with Crippen LogP contribution < -0.4 is 15.4 Å². The van der Waals surface area contributed by atoms with Crippen molar-refractivity contribution in [2.24, 2.45) is 7.05 Å². The molecule has 0 radical (unpaired) electrons. The maximum Gasteiger partial charge on any atom is 0.258 e. The van der Waals surface area contributed by atoms with Crippen LogP contribution in [-0.2, 0) is 28.0 Å². The molecule has 1 aliphatic rings. The average Bonchev–Trinajstić information content (AvgIpc) is 3.33. The van der Waals surface area contributed by atoms with Crippen molar-refractivity contribution in [1.82, 2.24) is 20.4 Å². The van der Waals surface area contributed by atoms with E-state index in [1.165, 1.54) is 0 Å². The van der Waals surface area contributed by atoms with Gasteiger partial charge in [0, 0.05) is 23.7 Å². The second kappa shape index (κ2) is 8.04. The number of nitrogens with one attached hydrogen (secondary N) is 2. The summed E-state index contributed by atoms with van der Waals surface area (Å²) in [5.41, 5.74) is 1.32. The van der Waals surface area contributed by atoms with E-state index >= 15 is 0 Å². The highest BCUT2D eigenvalue weighted by Gasteiger charge is 2.32. The van der Waals surface area contributed by atoms with Gasteiger partial charge in [0.2, 0.25) is 11.8 Å². The maximum atomic E-state index is 12.3. The van der Waals surface area contributed by atoms with Gasteiger partial charge in [-0.25, -0.2) is 0 Å². The molecular weight excluding hydrogens is 392 g/mol. The first-order valence-electron chi connectivity index (χ1n) is 9.24. The van der Waals surface area contributed by atoms with Crippen LogP contribution >= 0.6 is 11.3 Å². The predicted octanol–water partition coefficient (Wildman–Crippen LogP) is 1.85. The van der Waals surface area contributed by atoms with E-state index in [1.807, 2.05) is 23.6 Å². The summed E-state index contributed by atoms with van der Waals surface area (Å²) in [5.74, 6) is -0.782. The Labute approximate surface area is 170 Å². The van der Waals surface area contributed by atoms with Crippen molar-refractivity contribution in [1.29, 1.82) is 0 Å². The molecule has 2 N–H and O–H groups in total. The minimum Gasteiger partial charge on any atom is -0.482 e. The Morgan fingerprint density at radius 3 is 2.97 bits per heavy atom. The van der Waals surface area contributed by atoms with Gasteiger partial charge in [0.25, 0.3) is 5.91 Å². The molecule has 0 bridgehead atoms. The number of carbonyl (C=O) groups excluding carboxylic acids is 3. The van der Waals surface area contributed by atoms with Gasteiger partial charge in [-0.1, -0.05) is 18.2 Å². The first kappa shape index (κ1) is 19.1. The second-order valence-electron chi connectivity index (χ2n) is 6.81. The van der Waals surface area contributed by atoms with Gasteiger partial charge >= 0.3 is 0 Å². The van der Waals surface area contributed by atoms with Crippen molar-refractivity contribution in [3.05, 3.63) is 46.3 Å². The van der Waals surface area contributed by atoms with Gasteiger partial charge in [0.05, 0.1) is 18.2 Å². The fourth-order valence-corrected chi connectivity index (χ4v) is 4.09. The van der Waals surface area contributed by atoms with Crippen molar-refractivity contribution in [2.75, 3.05) is 6.61 Å². The minimum atomic E-state index is -0.485. The van der Waals surface area contributed by atoms with E-state index in [4.69, 9.17) is 4.74 Å². The van der Waals surface area contributed by atoms with E-state index in [0.717, 1.165) is 10.3 Å². The van der Waals surface area contributed by atoms with Gasteiger partial charge in [-0.15, -0.1) is 11.3 Å². The highest BCUT2D eigenvalue weighted by Crippen LogP contribution is 2.34. The van der Waals surface area contributed by atoms with Gasteiger partial charge < -0.3 is 10.1 Å². The third-order valence-corrected chi connectivity index (χ3v) is 5.70. The van der Waals surface area contributed by atoms with E-state index in [1.54, 1.807) is 35.2 Å². The molecule has 2 aromatic heterocycles. The van der Waals surface area contributed by atoms with E-state index in [2.05, 4.69) is 15.7 Å². The fraction of sp³-hybridized carbons (Fsp3) is 0.300. The summed E-state index contributed by atoms with van der Waals surface area (Å²) in [5, 5.41) is 12.4. The number of aryl methyl sites for hydroxylation is 1. The molecule has 0 aliphatic carbocycles. The Balaban J connectivity index is 1.50. The number of imide groups is 1. The second-order valence-corrected chi connectivity index (χ2v) is 7.84. The van der Waals surface area contributed by atoms with Gasteiger partial charge in [0.1, 0.15) is 11.3 Å². The van der Waals surface area contributed by atoms with E-state index in [-0.39, 0.29) is 30.7 Å². The molecule has 1 saturated heterocycles. The summed E-state index contributed by atoms with van der Waals surface area (Å²) in [6.45, 7) is 0.346. The summed E-state index contributed by atoms with van der Waals surface area (Å²) >= 11 is 1.58. The predicted molar refractivity (Wildman–Crippen MR) is 107 cm³/mol. The molecule has 29 heavy (non-hydrogen) atoms. The van der Waals surface area contributed by atoms with Gasteiger partial charge in [-0.2, -0.15) is 5.10 Å². The normalized spacial score (nSPS) is 16.7. The monoisotopic (exact) mass is 412 g/mol. The molecule has 150 valence electrons. The van der Waals surface area contributed by atoms with Crippen LogP contribution in [0.25, 0.3) is 10.9 Å². The zero-order valence-corrected chi connectivity index (χ0v) is 16.6. The maximum absolute atomic E-state index is 12.3. The summed E-state index contributed by atoms with van der Waals surface area (Å²) < 4.78 is 7.40. The lowest BCUT2D eigenvalue weighted by Gasteiger charge is -2.19. The number of thiophene rings is 1. The molecule has 4 rings (SSSR count). The number of rotatable bonds is 6. The SMILES string of the molecule is Cn1nc(C2CCC(=O)NC2=O)c2cccc(OCC(=O)NCc3cccs3)c21.